The van der Waals surface area contributed by atoms with Gasteiger partial charge in [-0.2, -0.15) is 0 Å². The molecule has 1 unspecified atom stereocenters. The molecule has 1 heterocycles. The van der Waals surface area contributed by atoms with Gasteiger partial charge < -0.3 is 14.9 Å². The number of hydrogen-bond acceptors (Lipinski definition) is 3. The maximum atomic E-state index is 11.9. The Morgan fingerprint density at radius 3 is 2.78 bits per heavy atom. The molecule has 27 heavy (non-hydrogen) atoms. The van der Waals surface area contributed by atoms with Crippen molar-refractivity contribution in [1.82, 2.24) is 0 Å². The minimum absolute atomic E-state index is 0.0959. The van der Waals surface area contributed by atoms with Crippen molar-refractivity contribution in [3.63, 3.8) is 0 Å². The van der Waals surface area contributed by atoms with Crippen LogP contribution in [-0.4, -0.2) is 27.9 Å². The van der Waals surface area contributed by atoms with Crippen molar-refractivity contribution in [3.05, 3.63) is 58.4 Å². The average Bonchev–Trinajstić information content (AvgIpc) is 2.57. The van der Waals surface area contributed by atoms with E-state index in [0.29, 0.717) is 23.3 Å². The lowest BCUT2D eigenvalue weighted by atomic mass is 9.70. The SMILES string of the molecule is C=CCCCCC1=C(C(=O)O)C(O)C2=C3C=C(C)CC[C@H]3C(C)(C)OC2=C1. The van der Waals surface area contributed by atoms with E-state index in [1.165, 1.54) is 5.57 Å². The molecule has 2 aliphatic carbocycles. The molecule has 4 nitrogen and oxygen atoms in total. The minimum atomic E-state index is -1.15. The lowest BCUT2D eigenvalue weighted by molar-refractivity contribution is -0.133. The Bertz CT molecular complexity index is 776. The van der Waals surface area contributed by atoms with Crippen molar-refractivity contribution >= 4 is 5.97 Å². The second-order valence-corrected chi connectivity index (χ2v) is 8.35. The number of rotatable bonds is 6. The van der Waals surface area contributed by atoms with Crippen molar-refractivity contribution in [2.45, 2.75) is 71.0 Å². The van der Waals surface area contributed by atoms with Gasteiger partial charge in [0.05, 0.1) is 5.57 Å². The molecule has 1 aliphatic heterocycles. The third-order valence-electron chi connectivity index (χ3n) is 5.93. The van der Waals surface area contributed by atoms with Crippen LogP contribution in [0.15, 0.2) is 58.4 Å². The van der Waals surface area contributed by atoms with Crippen molar-refractivity contribution in [2.24, 2.45) is 5.92 Å². The maximum Gasteiger partial charge on any atom is 0.334 e. The Balaban J connectivity index is 2.07. The second kappa shape index (κ2) is 7.51. The van der Waals surface area contributed by atoms with Crippen LogP contribution in [0, 0.1) is 5.92 Å². The highest BCUT2D eigenvalue weighted by Crippen LogP contribution is 2.49. The van der Waals surface area contributed by atoms with Crippen molar-refractivity contribution < 1.29 is 19.7 Å². The highest BCUT2D eigenvalue weighted by molar-refractivity contribution is 5.91. The number of fused-ring (bicyclic) bond motifs is 2. The van der Waals surface area contributed by atoms with Gasteiger partial charge in [0.15, 0.2) is 0 Å². The summed E-state index contributed by atoms with van der Waals surface area (Å²) < 4.78 is 6.31. The molecule has 4 heteroatoms. The molecule has 0 saturated carbocycles. The molecular formula is C23H30O4. The average molecular weight is 370 g/mol. The van der Waals surface area contributed by atoms with Gasteiger partial charge in [0.25, 0.3) is 0 Å². The summed E-state index contributed by atoms with van der Waals surface area (Å²) in [7, 11) is 0. The first-order chi connectivity index (χ1) is 12.8. The third kappa shape index (κ3) is 3.68. The lowest BCUT2D eigenvalue weighted by Gasteiger charge is -2.46. The van der Waals surface area contributed by atoms with Gasteiger partial charge in [-0.05, 0) is 76.5 Å². The molecule has 0 spiro atoms. The summed E-state index contributed by atoms with van der Waals surface area (Å²) in [6.07, 6.45) is 9.96. The number of ether oxygens (including phenoxy) is 1. The van der Waals surface area contributed by atoms with Gasteiger partial charge in [-0.1, -0.05) is 17.7 Å². The first-order valence-electron chi connectivity index (χ1n) is 9.84. The number of unbranched alkanes of at least 4 members (excludes halogenated alkanes) is 2. The first kappa shape index (κ1) is 19.7. The van der Waals surface area contributed by atoms with Crippen LogP contribution >= 0.6 is 0 Å². The molecule has 3 rings (SSSR count). The van der Waals surface area contributed by atoms with Crippen LogP contribution in [0.25, 0.3) is 0 Å². The van der Waals surface area contributed by atoms with Gasteiger partial charge in [0.1, 0.15) is 17.5 Å². The summed E-state index contributed by atoms with van der Waals surface area (Å²) in [6, 6.07) is 0. The van der Waals surface area contributed by atoms with E-state index in [-0.39, 0.29) is 17.1 Å². The smallest absolute Gasteiger partial charge is 0.334 e. The molecule has 0 aromatic carbocycles. The number of hydrogen-bond donors (Lipinski definition) is 2. The highest BCUT2D eigenvalue weighted by Gasteiger charge is 2.46. The molecule has 3 aliphatic rings. The monoisotopic (exact) mass is 370 g/mol. The normalized spacial score (nSPS) is 26.5. The molecule has 2 N–H and O–H groups in total. The number of aliphatic hydroxyl groups is 1. The minimum Gasteiger partial charge on any atom is -0.487 e. The summed E-state index contributed by atoms with van der Waals surface area (Å²) in [6.45, 7) is 9.97. The molecule has 0 saturated heterocycles. The second-order valence-electron chi connectivity index (χ2n) is 8.35. The van der Waals surface area contributed by atoms with Crippen LogP contribution in [0.4, 0.5) is 0 Å². The van der Waals surface area contributed by atoms with Crippen LogP contribution in [0.5, 0.6) is 0 Å². The third-order valence-corrected chi connectivity index (χ3v) is 5.93. The number of aliphatic hydroxyl groups excluding tert-OH is 1. The summed E-state index contributed by atoms with van der Waals surface area (Å²) in [4.78, 5) is 11.9. The number of carboxylic acid groups (broad SMARTS) is 1. The predicted molar refractivity (Wildman–Crippen MR) is 106 cm³/mol. The van der Waals surface area contributed by atoms with Gasteiger partial charge in [-0.25, -0.2) is 4.79 Å². The van der Waals surface area contributed by atoms with E-state index in [2.05, 4.69) is 33.4 Å². The number of carbonyl (C=O) groups is 1. The number of allylic oxidation sites excluding steroid dienone is 5. The topological polar surface area (TPSA) is 66.8 Å². The summed E-state index contributed by atoms with van der Waals surface area (Å²) in [5.74, 6) is -0.261. The van der Waals surface area contributed by atoms with Crippen LogP contribution < -0.4 is 0 Å². The fraction of sp³-hybridized carbons (Fsp3) is 0.522. The van der Waals surface area contributed by atoms with E-state index < -0.39 is 12.1 Å². The first-order valence-corrected chi connectivity index (χ1v) is 9.84. The molecule has 0 bridgehead atoms. The van der Waals surface area contributed by atoms with Crippen molar-refractivity contribution in [2.75, 3.05) is 0 Å². The Morgan fingerprint density at radius 1 is 1.37 bits per heavy atom. The molecule has 0 radical (unpaired) electrons. The maximum absolute atomic E-state index is 11.9. The molecule has 146 valence electrons. The standard InChI is InChI=1S/C23H30O4/c1-5-6-7-8-9-15-13-18-20(21(24)19(15)22(25)26)16-12-14(2)10-11-17(16)23(3,4)27-18/h5,12-13,17,21,24H,1,6-11H2,2-4H3,(H,25,26)/t17-,21?/m1/s1. The summed E-state index contributed by atoms with van der Waals surface area (Å²) >= 11 is 0. The number of carboxylic acids is 1. The van der Waals surface area contributed by atoms with Gasteiger partial charge in [-0.3, -0.25) is 0 Å². The lowest BCUT2D eigenvalue weighted by Crippen LogP contribution is -2.43. The fourth-order valence-corrected chi connectivity index (χ4v) is 4.53. The highest BCUT2D eigenvalue weighted by atomic mass is 16.5. The van der Waals surface area contributed by atoms with E-state index in [9.17, 15) is 15.0 Å². The number of aliphatic carboxylic acids is 1. The van der Waals surface area contributed by atoms with E-state index in [1.807, 2.05) is 12.2 Å². The molecule has 0 amide bonds. The Kier molecular flexibility index (Phi) is 5.48. The van der Waals surface area contributed by atoms with Crippen molar-refractivity contribution in [1.29, 1.82) is 0 Å². The zero-order valence-electron chi connectivity index (χ0n) is 16.5. The molecule has 0 aromatic heterocycles. The van der Waals surface area contributed by atoms with Gasteiger partial charge in [0.2, 0.25) is 0 Å². The van der Waals surface area contributed by atoms with E-state index >= 15 is 0 Å². The summed E-state index contributed by atoms with van der Waals surface area (Å²) in [5, 5.41) is 20.8. The van der Waals surface area contributed by atoms with Crippen LogP contribution in [-0.2, 0) is 9.53 Å². The van der Waals surface area contributed by atoms with Crippen molar-refractivity contribution in [3.8, 4) is 0 Å². The van der Waals surface area contributed by atoms with Crippen LogP contribution in [0.1, 0.15) is 59.3 Å². The Hall–Kier alpha value is -2.07. The quantitative estimate of drug-likeness (QED) is 0.519. The van der Waals surface area contributed by atoms with Gasteiger partial charge in [0, 0.05) is 11.5 Å². The zero-order valence-corrected chi connectivity index (χ0v) is 16.5. The van der Waals surface area contributed by atoms with E-state index in [1.54, 1.807) is 0 Å². The van der Waals surface area contributed by atoms with Gasteiger partial charge in [-0.15, -0.1) is 6.58 Å². The molecule has 0 aromatic rings. The fourth-order valence-electron chi connectivity index (χ4n) is 4.53. The Morgan fingerprint density at radius 2 is 2.11 bits per heavy atom. The predicted octanol–water partition coefficient (Wildman–Crippen LogP) is 4.83. The Labute approximate surface area is 161 Å². The van der Waals surface area contributed by atoms with Crippen LogP contribution in [0.2, 0.25) is 0 Å². The summed E-state index contributed by atoms with van der Waals surface area (Å²) in [5.41, 5.74) is 3.33. The molecule has 0 fully saturated rings. The largest absolute Gasteiger partial charge is 0.487 e. The van der Waals surface area contributed by atoms with Crippen LogP contribution in [0.3, 0.4) is 0 Å². The van der Waals surface area contributed by atoms with E-state index in [4.69, 9.17) is 4.74 Å². The molecule has 2 atom stereocenters. The van der Waals surface area contributed by atoms with Gasteiger partial charge >= 0.3 is 5.97 Å². The van der Waals surface area contributed by atoms with E-state index in [0.717, 1.165) is 37.7 Å². The molecular weight excluding hydrogens is 340 g/mol. The zero-order chi connectivity index (χ0) is 19.8.